The van der Waals surface area contributed by atoms with Crippen LogP contribution in [0.3, 0.4) is 0 Å². The lowest BCUT2D eigenvalue weighted by atomic mass is 10.3. The van der Waals surface area contributed by atoms with Gasteiger partial charge in [0, 0.05) is 13.1 Å². The molecule has 18 heavy (non-hydrogen) atoms. The number of hydrogen-bond donors (Lipinski definition) is 0. The number of aromatic nitrogens is 2. The van der Waals surface area contributed by atoms with Crippen LogP contribution in [-0.4, -0.2) is 14.5 Å². The fraction of sp³-hybridized carbons (Fsp3) is 0.100. The van der Waals surface area contributed by atoms with Gasteiger partial charge in [0.2, 0.25) is 6.33 Å². The van der Waals surface area contributed by atoms with E-state index >= 15 is 0 Å². The summed E-state index contributed by atoms with van der Waals surface area (Å²) >= 11 is 5.58. The predicted octanol–water partition coefficient (Wildman–Crippen LogP) is 2.91. The highest BCUT2D eigenvalue weighted by atomic mass is 35.5. The largest absolute Gasteiger partial charge is 0.434 e. The van der Waals surface area contributed by atoms with Crippen molar-refractivity contribution >= 4 is 17.4 Å². The van der Waals surface area contributed by atoms with E-state index in [-0.39, 0.29) is 16.7 Å². The highest BCUT2D eigenvalue weighted by Gasteiger charge is 2.22. The summed E-state index contributed by atoms with van der Waals surface area (Å²) in [5.41, 5.74) is 0. The molecule has 0 aliphatic rings. The van der Waals surface area contributed by atoms with Crippen LogP contribution in [0.1, 0.15) is 0 Å². The molecular formula is C10H7ClFN3O3. The molecule has 0 spiro atoms. The van der Waals surface area contributed by atoms with Gasteiger partial charge in [-0.1, -0.05) is 11.6 Å². The number of halogens is 2. The maximum Gasteiger partial charge on any atom is 0.427 e. The predicted molar refractivity (Wildman–Crippen MR) is 61.3 cm³/mol. The van der Waals surface area contributed by atoms with Crippen molar-refractivity contribution in [2.45, 2.75) is 0 Å². The van der Waals surface area contributed by atoms with Gasteiger partial charge >= 0.3 is 11.7 Å². The third kappa shape index (κ3) is 2.25. The molecule has 0 bridgehead atoms. The highest BCUT2D eigenvalue weighted by molar-refractivity contribution is 6.30. The zero-order valence-corrected chi connectivity index (χ0v) is 9.89. The Morgan fingerprint density at radius 3 is 2.89 bits per heavy atom. The Morgan fingerprint density at radius 2 is 2.28 bits per heavy atom. The fourth-order valence-electron chi connectivity index (χ4n) is 1.30. The molecule has 0 saturated carbocycles. The number of rotatable bonds is 3. The normalized spacial score (nSPS) is 10.4. The summed E-state index contributed by atoms with van der Waals surface area (Å²) in [4.78, 5) is 13.6. The first-order valence-electron chi connectivity index (χ1n) is 4.77. The first-order chi connectivity index (χ1) is 8.49. The van der Waals surface area contributed by atoms with Crippen molar-refractivity contribution in [2.24, 2.45) is 7.05 Å². The van der Waals surface area contributed by atoms with Gasteiger partial charge in [-0.15, -0.1) is 0 Å². The van der Waals surface area contributed by atoms with Crippen LogP contribution in [0.2, 0.25) is 5.02 Å². The van der Waals surface area contributed by atoms with E-state index in [9.17, 15) is 14.5 Å². The zero-order chi connectivity index (χ0) is 13.3. The Kier molecular flexibility index (Phi) is 3.15. The summed E-state index contributed by atoms with van der Waals surface area (Å²) < 4.78 is 19.6. The molecule has 1 aromatic heterocycles. The lowest BCUT2D eigenvalue weighted by Crippen LogP contribution is -1.96. The van der Waals surface area contributed by atoms with Crippen molar-refractivity contribution in [1.29, 1.82) is 0 Å². The van der Waals surface area contributed by atoms with Crippen LogP contribution in [-0.2, 0) is 7.05 Å². The number of aryl methyl sites for hydroxylation is 1. The molecule has 0 radical (unpaired) electrons. The van der Waals surface area contributed by atoms with Crippen molar-refractivity contribution in [3.05, 3.63) is 45.5 Å². The highest BCUT2D eigenvalue weighted by Crippen LogP contribution is 2.31. The number of benzene rings is 1. The van der Waals surface area contributed by atoms with Crippen LogP contribution >= 0.6 is 11.6 Å². The van der Waals surface area contributed by atoms with Crippen molar-refractivity contribution in [3.63, 3.8) is 0 Å². The first-order valence-corrected chi connectivity index (χ1v) is 5.15. The molecule has 0 saturated heterocycles. The van der Waals surface area contributed by atoms with Crippen molar-refractivity contribution in [1.82, 2.24) is 9.55 Å². The SMILES string of the molecule is Cn1cnc([N+](=O)[O-])c1Oc1ccc(F)c(Cl)c1. The summed E-state index contributed by atoms with van der Waals surface area (Å²) in [5, 5.41) is 10.6. The van der Waals surface area contributed by atoms with Gasteiger partial charge in [0.05, 0.1) is 5.02 Å². The molecule has 0 aliphatic heterocycles. The van der Waals surface area contributed by atoms with Crippen LogP contribution in [0, 0.1) is 15.9 Å². The Bertz CT molecular complexity index is 614. The Balaban J connectivity index is 2.36. The number of nitrogens with zero attached hydrogens (tertiary/aromatic N) is 3. The molecule has 0 N–H and O–H groups in total. The summed E-state index contributed by atoms with van der Waals surface area (Å²) in [6.45, 7) is 0. The van der Waals surface area contributed by atoms with E-state index in [1.807, 2.05) is 0 Å². The summed E-state index contributed by atoms with van der Waals surface area (Å²) in [6, 6.07) is 3.66. The molecular weight excluding hydrogens is 265 g/mol. The second-order valence-electron chi connectivity index (χ2n) is 3.42. The molecule has 1 aromatic carbocycles. The molecule has 0 atom stereocenters. The van der Waals surface area contributed by atoms with Crippen LogP contribution in [0.25, 0.3) is 0 Å². The number of ether oxygens (including phenoxy) is 1. The fourth-order valence-corrected chi connectivity index (χ4v) is 1.47. The zero-order valence-electron chi connectivity index (χ0n) is 9.13. The summed E-state index contributed by atoms with van der Waals surface area (Å²) in [7, 11) is 1.54. The minimum Gasteiger partial charge on any atom is -0.434 e. The molecule has 2 rings (SSSR count). The first kappa shape index (κ1) is 12.3. The van der Waals surface area contributed by atoms with Gasteiger partial charge in [0.25, 0.3) is 0 Å². The third-order valence-corrected chi connectivity index (χ3v) is 2.43. The van der Waals surface area contributed by atoms with Crippen LogP contribution < -0.4 is 4.74 Å². The second-order valence-corrected chi connectivity index (χ2v) is 3.83. The van der Waals surface area contributed by atoms with Gasteiger partial charge in [-0.2, -0.15) is 0 Å². The van der Waals surface area contributed by atoms with Gasteiger partial charge in [-0.25, -0.2) is 4.39 Å². The van der Waals surface area contributed by atoms with E-state index < -0.39 is 16.6 Å². The van der Waals surface area contributed by atoms with Gasteiger partial charge in [-0.3, -0.25) is 4.57 Å². The average Bonchev–Trinajstić information content (AvgIpc) is 2.66. The van der Waals surface area contributed by atoms with E-state index in [0.717, 1.165) is 6.07 Å². The summed E-state index contributed by atoms with van der Waals surface area (Å²) in [5.74, 6) is -0.878. The average molecular weight is 272 g/mol. The maximum absolute atomic E-state index is 13.0. The molecule has 8 heteroatoms. The molecule has 6 nitrogen and oxygen atoms in total. The molecule has 2 aromatic rings. The van der Waals surface area contributed by atoms with Gasteiger partial charge in [0.1, 0.15) is 11.6 Å². The number of hydrogen-bond acceptors (Lipinski definition) is 4. The molecule has 94 valence electrons. The summed E-state index contributed by atoms with van der Waals surface area (Å²) in [6.07, 6.45) is 1.25. The van der Waals surface area contributed by atoms with Gasteiger partial charge in [-0.05, 0) is 22.0 Å². The lowest BCUT2D eigenvalue weighted by molar-refractivity contribution is -0.390. The van der Waals surface area contributed by atoms with E-state index in [0.29, 0.717) is 0 Å². The van der Waals surface area contributed by atoms with E-state index in [1.54, 1.807) is 7.05 Å². The topological polar surface area (TPSA) is 70.2 Å². The molecule has 0 amide bonds. The van der Waals surface area contributed by atoms with E-state index in [2.05, 4.69) is 4.98 Å². The van der Waals surface area contributed by atoms with E-state index in [1.165, 1.54) is 23.0 Å². The Labute approximate surface area is 106 Å². The van der Waals surface area contributed by atoms with Crippen molar-refractivity contribution < 1.29 is 14.1 Å². The maximum atomic E-state index is 13.0. The Hall–Kier alpha value is -2.15. The van der Waals surface area contributed by atoms with Gasteiger partial charge in [0.15, 0.2) is 0 Å². The minimum absolute atomic E-state index is 0.0531. The lowest BCUT2D eigenvalue weighted by Gasteiger charge is -2.05. The minimum atomic E-state index is -0.666. The monoisotopic (exact) mass is 271 g/mol. The number of imidazole rings is 1. The molecule has 0 unspecified atom stereocenters. The van der Waals surface area contributed by atoms with Crippen molar-refractivity contribution in [2.75, 3.05) is 0 Å². The van der Waals surface area contributed by atoms with Gasteiger partial charge < -0.3 is 14.9 Å². The standard InChI is InChI=1S/C10H7ClFN3O3/c1-14-5-13-9(15(16)17)10(14)18-6-2-3-8(12)7(11)4-6/h2-5H,1H3. The Morgan fingerprint density at radius 1 is 1.56 bits per heavy atom. The van der Waals surface area contributed by atoms with Crippen LogP contribution in [0.15, 0.2) is 24.5 Å². The molecule has 0 aliphatic carbocycles. The van der Waals surface area contributed by atoms with Crippen LogP contribution in [0.5, 0.6) is 11.6 Å². The quantitative estimate of drug-likeness (QED) is 0.636. The molecule has 0 fully saturated rings. The smallest absolute Gasteiger partial charge is 0.427 e. The van der Waals surface area contributed by atoms with Crippen molar-refractivity contribution in [3.8, 4) is 11.6 Å². The number of nitro groups is 1. The third-order valence-electron chi connectivity index (χ3n) is 2.14. The van der Waals surface area contributed by atoms with E-state index in [4.69, 9.17) is 16.3 Å². The molecule has 1 heterocycles. The second kappa shape index (κ2) is 4.61. The van der Waals surface area contributed by atoms with Crippen LogP contribution in [0.4, 0.5) is 10.2 Å².